The minimum atomic E-state index is -4.45. The summed E-state index contributed by atoms with van der Waals surface area (Å²) >= 11 is 0. The van der Waals surface area contributed by atoms with Gasteiger partial charge in [-0.2, -0.15) is 18.3 Å². The summed E-state index contributed by atoms with van der Waals surface area (Å²) in [5.74, 6) is -0.250. The highest BCUT2D eigenvalue weighted by atomic mass is 19.4. The van der Waals surface area contributed by atoms with Crippen molar-refractivity contribution < 1.29 is 23.1 Å². The average molecular weight is 369 g/mol. The van der Waals surface area contributed by atoms with Crippen LogP contribution in [0.4, 0.5) is 13.2 Å². The molecule has 2 rings (SSSR count). The van der Waals surface area contributed by atoms with Gasteiger partial charge in [-0.15, -0.1) is 0 Å². The van der Waals surface area contributed by atoms with Crippen LogP contribution < -0.4 is 5.32 Å². The van der Waals surface area contributed by atoms with E-state index in [1.165, 1.54) is 6.92 Å². The molecular formula is C18H22F3N3O2. The summed E-state index contributed by atoms with van der Waals surface area (Å²) in [5.41, 5.74) is 0.367. The fourth-order valence-electron chi connectivity index (χ4n) is 2.62. The van der Waals surface area contributed by atoms with Crippen LogP contribution in [0.1, 0.15) is 30.3 Å². The van der Waals surface area contributed by atoms with Crippen molar-refractivity contribution in [3.05, 3.63) is 47.3 Å². The minimum Gasteiger partial charge on any atom is -0.508 e. The van der Waals surface area contributed by atoms with Gasteiger partial charge in [0, 0.05) is 19.5 Å². The summed E-state index contributed by atoms with van der Waals surface area (Å²) in [4.78, 5) is 11.9. The third-order valence-electron chi connectivity index (χ3n) is 3.88. The molecule has 26 heavy (non-hydrogen) atoms. The summed E-state index contributed by atoms with van der Waals surface area (Å²) < 4.78 is 39.8. The van der Waals surface area contributed by atoms with Gasteiger partial charge in [0.15, 0.2) is 0 Å². The van der Waals surface area contributed by atoms with Crippen molar-refractivity contribution in [1.82, 2.24) is 15.1 Å². The molecule has 1 unspecified atom stereocenters. The number of hydrogen-bond acceptors (Lipinski definition) is 3. The van der Waals surface area contributed by atoms with Crippen LogP contribution in [-0.2, 0) is 23.9 Å². The van der Waals surface area contributed by atoms with E-state index in [1.807, 2.05) is 6.07 Å². The van der Waals surface area contributed by atoms with Crippen molar-refractivity contribution >= 4 is 5.91 Å². The highest BCUT2D eigenvalue weighted by Crippen LogP contribution is 2.30. The zero-order valence-electron chi connectivity index (χ0n) is 14.7. The van der Waals surface area contributed by atoms with Gasteiger partial charge in [-0.3, -0.25) is 9.48 Å². The van der Waals surface area contributed by atoms with Crippen LogP contribution >= 0.6 is 0 Å². The molecule has 8 heteroatoms. The summed E-state index contributed by atoms with van der Waals surface area (Å²) in [7, 11) is 0. The van der Waals surface area contributed by atoms with Crippen LogP contribution in [-0.4, -0.2) is 27.3 Å². The van der Waals surface area contributed by atoms with Gasteiger partial charge >= 0.3 is 6.18 Å². The molecule has 142 valence electrons. The maximum absolute atomic E-state index is 13.0. The first-order valence-corrected chi connectivity index (χ1v) is 8.31. The number of rotatable bonds is 7. The maximum atomic E-state index is 13.0. The van der Waals surface area contributed by atoms with Crippen LogP contribution in [0.15, 0.2) is 30.3 Å². The van der Waals surface area contributed by atoms with Crippen molar-refractivity contribution in [1.29, 1.82) is 0 Å². The highest BCUT2D eigenvalue weighted by Gasteiger charge is 2.35. The SMILES string of the molecule is Cc1cc(C(F)(F)F)n(CC(C)CNC(=O)CCc2cccc(O)c2)n1. The average Bonchev–Trinajstić information content (AvgIpc) is 2.91. The molecule has 0 aliphatic carbocycles. The normalized spacial score (nSPS) is 12.8. The number of phenolic OH excluding ortho intramolecular Hbond substituents is 1. The van der Waals surface area contributed by atoms with Gasteiger partial charge < -0.3 is 10.4 Å². The number of aromatic hydroxyl groups is 1. The van der Waals surface area contributed by atoms with Gasteiger partial charge in [0.25, 0.3) is 0 Å². The predicted molar refractivity (Wildman–Crippen MR) is 90.6 cm³/mol. The van der Waals surface area contributed by atoms with E-state index in [0.29, 0.717) is 12.1 Å². The van der Waals surface area contributed by atoms with Crippen LogP contribution in [0, 0.1) is 12.8 Å². The molecule has 1 atom stereocenters. The molecule has 2 aromatic rings. The summed E-state index contributed by atoms with van der Waals surface area (Å²) in [6, 6.07) is 7.68. The standard InChI is InChI=1S/C18H22F3N3O2/c1-12(11-24-16(18(19,20)21)8-13(2)23-24)10-22-17(26)7-6-14-4-3-5-15(25)9-14/h3-5,8-9,12,25H,6-7,10-11H2,1-2H3,(H,22,26). The van der Waals surface area contributed by atoms with Gasteiger partial charge in [-0.1, -0.05) is 19.1 Å². The lowest BCUT2D eigenvalue weighted by atomic mass is 10.1. The number of nitrogens with one attached hydrogen (secondary N) is 1. The molecule has 0 aliphatic heterocycles. The number of nitrogens with zero attached hydrogens (tertiary/aromatic N) is 2. The van der Waals surface area contributed by atoms with E-state index in [1.54, 1.807) is 25.1 Å². The number of aryl methyl sites for hydroxylation is 2. The van der Waals surface area contributed by atoms with Crippen LogP contribution in [0.25, 0.3) is 0 Å². The Hall–Kier alpha value is -2.51. The zero-order valence-corrected chi connectivity index (χ0v) is 14.7. The number of alkyl halides is 3. The minimum absolute atomic E-state index is 0.0650. The van der Waals surface area contributed by atoms with Crippen molar-refractivity contribution in [2.24, 2.45) is 5.92 Å². The van der Waals surface area contributed by atoms with Gasteiger partial charge in [0.1, 0.15) is 11.4 Å². The second-order valence-corrected chi connectivity index (χ2v) is 6.43. The molecule has 0 saturated heterocycles. The third kappa shape index (κ3) is 5.79. The number of halogens is 3. The number of aromatic nitrogens is 2. The van der Waals surface area contributed by atoms with Gasteiger partial charge in [0.05, 0.1) is 5.69 Å². The van der Waals surface area contributed by atoms with E-state index in [9.17, 15) is 23.1 Å². The van der Waals surface area contributed by atoms with E-state index in [4.69, 9.17) is 0 Å². The first-order chi connectivity index (χ1) is 12.1. The van der Waals surface area contributed by atoms with Gasteiger partial charge in [-0.25, -0.2) is 0 Å². The predicted octanol–water partition coefficient (Wildman–Crippen LogP) is 3.30. The molecular weight excluding hydrogens is 347 g/mol. The molecule has 1 aromatic carbocycles. The van der Waals surface area contributed by atoms with E-state index in [0.717, 1.165) is 16.3 Å². The molecule has 5 nitrogen and oxygen atoms in total. The Morgan fingerprint density at radius 3 is 2.73 bits per heavy atom. The highest BCUT2D eigenvalue weighted by molar-refractivity contribution is 5.76. The summed E-state index contributed by atoms with van der Waals surface area (Å²) in [5, 5.41) is 16.0. The maximum Gasteiger partial charge on any atom is 0.433 e. The van der Waals surface area contributed by atoms with E-state index < -0.39 is 11.9 Å². The number of amides is 1. The Kier molecular flexibility index (Phi) is 6.28. The fraction of sp³-hybridized carbons (Fsp3) is 0.444. The summed E-state index contributed by atoms with van der Waals surface area (Å²) in [6.07, 6.45) is -3.73. The second kappa shape index (κ2) is 8.25. The van der Waals surface area contributed by atoms with Crippen LogP contribution in [0.5, 0.6) is 5.75 Å². The Balaban J connectivity index is 1.81. The molecule has 0 aliphatic rings. The zero-order chi connectivity index (χ0) is 19.3. The fourth-order valence-corrected chi connectivity index (χ4v) is 2.62. The molecule has 0 fully saturated rings. The quantitative estimate of drug-likeness (QED) is 0.787. The van der Waals surface area contributed by atoms with Crippen molar-refractivity contribution in [2.45, 2.75) is 39.4 Å². The van der Waals surface area contributed by atoms with Crippen molar-refractivity contribution in [2.75, 3.05) is 6.54 Å². The first kappa shape index (κ1) is 19.8. The summed E-state index contributed by atoms with van der Waals surface area (Å²) in [6.45, 7) is 3.59. The molecule has 0 saturated carbocycles. The van der Waals surface area contributed by atoms with Crippen molar-refractivity contribution in [3.63, 3.8) is 0 Å². The number of phenols is 1. The number of carbonyl (C=O) groups excluding carboxylic acids is 1. The Bertz CT molecular complexity index is 756. The molecule has 0 spiro atoms. The van der Waals surface area contributed by atoms with Crippen LogP contribution in [0.2, 0.25) is 0 Å². The van der Waals surface area contributed by atoms with E-state index in [2.05, 4.69) is 10.4 Å². The topological polar surface area (TPSA) is 67.2 Å². The lowest BCUT2D eigenvalue weighted by molar-refractivity contribution is -0.144. The molecule has 2 N–H and O–H groups in total. The third-order valence-corrected chi connectivity index (χ3v) is 3.88. The number of carbonyl (C=O) groups is 1. The number of benzene rings is 1. The Labute approximate surface area is 149 Å². The smallest absolute Gasteiger partial charge is 0.433 e. The molecule has 0 radical (unpaired) electrons. The Morgan fingerprint density at radius 2 is 2.08 bits per heavy atom. The van der Waals surface area contributed by atoms with Crippen molar-refractivity contribution in [3.8, 4) is 5.75 Å². The van der Waals surface area contributed by atoms with E-state index >= 15 is 0 Å². The number of hydrogen-bond donors (Lipinski definition) is 2. The largest absolute Gasteiger partial charge is 0.508 e. The lowest BCUT2D eigenvalue weighted by Gasteiger charge is -2.16. The molecule has 1 aromatic heterocycles. The lowest BCUT2D eigenvalue weighted by Crippen LogP contribution is -2.31. The molecule has 1 amide bonds. The monoisotopic (exact) mass is 369 g/mol. The first-order valence-electron chi connectivity index (χ1n) is 8.31. The van der Waals surface area contributed by atoms with Crippen LogP contribution in [0.3, 0.4) is 0 Å². The molecule has 0 bridgehead atoms. The van der Waals surface area contributed by atoms with Gasteiger partial charge in [-0.05, 0) is 43.0 Å². The van der Waals surface area contributed by atoms with Gasteiger partial charge in [0.2, 0.25) is 5.91 Å². The second-order valence-electron chi connectivity index (χ2n) is 6.43. The molecule has 1 heterocycles. The Morgan fingerprint density at radius 1 is 1.35 bits per heavy atom. The van der Waals surface area contributed by atoms with E-state index in [-0.39, 0.29) is 37.1 Å².